The van der Waals surface area contributed by atoms with Crippen molar-refractivity contribution in [2.45, 2.75) is 31.9 Å². The van der Waals surface area contributed by atoms with Gasteiger partial charge < -0.3 is 20.1 Å². The molecule has 0 aliphatic carbocycles. The van der Waals surface area contributed by atoms with Crippen LogP contribution in [0.5, 0.6) is 0 Å². The first kappa shape index (κ1) is 15.7. The number of carbonyl (C=O) groups is 1. The van der Waals surface area contributed by atoms with Crippen LogP contribution in [-0.4, -0.2) is 74.5 Å². The average Bonchev–Trinajstić information content (AvgIpc) is 2.42. The summed E-state index contributed by atoms with van der Waals surface area (Å²) in [5.41, 5.74) is -0.224. The van der Waals surface area contributed by atoms with Gasteiger partial charge in [0.25, 0.3) is 0 Å². The van der Waals surface area contributed by atoms with Crippen LogP contribution in [0.2, 0.25) is 0 Å². The lowest BCUT2D eigenvalue weighted by Gasteiger charge is -2.41. The van der Waals surface area contributed by atoms with Gasteiger partial charge in [0.1, 0.15) is 6.61 Å². The first-order chi connectivity index (χ1) is 9.41. The van der Waals surface area contributed by atoms with E-state index in [-0.39, 0.29) is 23.7 Å². The van der Waals surface area contributed by atoms with E-state index in [1.165, 1.54) is 0 Å². The third-order valence-electron chi connectivity index (χ3n) is 4.13. The van der Waals surface area contributed by atoms with Crippen LogP contribution in [0.4, 0.5) is 0 Å². The minimum atomic E-state index is -0.170. The number of amides is 1. The summed E-state index contributed by atoms with van der Waals surface area (Å²) < 4.78 is 11.0. The lowest BCUT2D eigenvalue weighted by molar-refractivity contribution is -0.136. The van der Waals surface area contributed by atoms with E-state index in [2.05, 4.69) is 29.4 Å². The first-order valence-corrected chi connectivity index (χ1v) is 7.36. The summed E-state index contributed by atoms with van der Waals surface area (Å²) in [6, 6.07) is 0. The molecule has 0 bridgehead atoms. The fraction of sp³-hybridized carbons (Fsp3) is 0.929. The molecule has 0 spiro atoms. The standard InChI is InChI=1S/C14H27N3O3/c1-13(2,17-4-6-19-7-5-17)9-16-12(18)8-20-14(3)10-15-11-14/h15H,4-11H2,1-3H3,(H,16,18). The van der Waals surface area contributed by atoms with Crippen LogP contribution in [0.25, 0.3) is 0 Å². The number of hydrogen-bond donors (Lipinski definition) is 2. The second kappa shape index (κ2) is 6.39. The molecule has 2 saturated heterocycles. The molecule has 2 aliphatic heterocycles. The molecule has 6 heteroatoms. The molecule has 2 N–H and O–H groups in total. The lowest BCUT2D eigenvalue weighted by atomic mass is 10.0. The number of hydrogen-bond acceptors (Lipinski definition) is 5. The van der Waals surface area contributed by atoms with E-state index in [0.29, 0.717) is 6.54 Å². The summed E-state index contributed by atoms with van der Waals surface area (Å²) >= 11 is 0. The maximum Gasteiger partial charge on any atom is 0.246 e. The molecular weight excluding hydrogens is 258 g/mol. The maximum atomic E-state index is 11.9. The Morgan fingerprint density at radius 1 is 1.40 bits per heavy atom. The molecule has 0 atom stereocenters. The quantitative estimate of drug-likeness (QED) is 0.695. The van der Waals surface area contributed by atoms with Crippen molar-refractivity contribution in [3.63, 3.8) is 0 Å². The highest BCUT2D eigenvalue weighted by Crippen LogP contribution is 2.16. The molecule has 0 aromatic heterocycles. The largest absolute Gasteiger partial charge is 0.379 e. The summed E-state index contributed by atoms with van der Waals surface area (Å²) in [6.07, 6.45) is 0. The highest BCUT2D eigenvalue weighted by atomic mass is 16.5. The molecule has 0 radical (unpaired) electrons. The van der Waals surface area contributed by atoms with E-state index >= 15 is 0 Å². The first-order valence-electron chi connectivity index (χ1n) is 7.36. The zero-order chi connectivity index (χ0) is 14.6. The molecule has 0 aromatic rings. The smallest absolute Gasteiger partial charge is 0.246 e. The van der Waals surface area contributed by atoms with Gasteiger partial charge in [-0.25, -0.2) is 0 Å². The van der Waals surface area contributed by atoms with Crippen LogP contribution in [0.1, 0.15) is 20.8 Å². The molecule has 0 unspecified atom stereocenters. The third kappa shape index (κ3) is 4.15. The summed E-state index contributed by atoms with van der Waals surface area (Å²) in [5, 5.41) is 6.12. The number of morpholine rings is 1. The van der Waals surface area contributed by atoms with Crippen LogP contribution >= 0.6 is 0 Å². The van der Waals surface area contributed by atoms with Crippen molar-refractivity contribution in [1.82, 2.24) is 15.5 Å². The summed E-state index contributed by atoms with van der Waals surface area (Å²) in [5.74, 6) is -0.0422. The van der Waals surface area contributed by atoms with Gasteiger partial charge in [0, 0.05) is 38.3 Å². The second-order valence-electron chi connectivity index (χ2n) is 6.53. The summed E-state index contributed by atoms with van der Waals surface area (Å²) in [6.45, 7) is 12.1. The molecule has 2 fully saturated rings. The van der Waals surface area contributed by atoms with Crippen molar-refractivity contribution < 1.29 is 14.3 Å². The van der Waals surface area contributed by atoms with Gasteiger partial charge in [0.2, 0.25) is 5.91 Å². The van der Waals surface area contributed by atoms with E-state index in [9.17, 15) is 4.79 Å². The van der Waals surface area contributed by atoms with Gasteiger partial charge in [-0.15, -0.1) is 0 Å². The van der Waals surface area contributed by atoms with E-state index in [1.54, 1.807) is 0 Å². The fourth-order valence-corrected chi connectivity index (χ4v) is 2.47. The van der Waals surface area contributed by atoms with Crippen LogP contribution in [0.3, 0.4) is 0 Å². The molecule has 20 heavy (non-hydrogen) atoms. The topological polar surface area (TPSA) is 62.8 Å². The highest BCUT2D eigenvalue weighted by Gasteiger charge is 2.33. The van der Waals surface area contributed by atoms with Gasteiger partial charge in [0.05, 0.1) is 18.8 Å². The van der Waals surface area contributed by atoms with Crippen molar-refractivity contribution in [1.29, 1.82) is 0 Å². The van der Waals surface area contributed by atoms with E-state index in [0.717, 1.165) is 39.4 Å². The van der Waals surface area contributed by atoms with Crippen molar-refractivity contribution in [2.75, 3.05) is 52.5 Å². The van der Waals surface area contributed by atoms with Crippen LogP contribution in [-0.2, 0) is 14.3 Å². The maximum absolute atomic E-state index is 11.9. The highest BCUT2D eigenvalue weighted by molar-refractivity contribution is 5.77. The monoisotopic (exact) mass is 285 g/mol. The zero-order valence-electron chi connectivity index (χ0n) is 12.8. The Bertz CT molecular complexity index is 337. The molecule has 0 saturated carbocycles. The molecule has 2 aliphatic rings. The SMILES string of the molecule is CC1(OCC(=O)NCC(C)(C)N2CCOCC2)CNC1. The summed E-state index contributed by atoms with van der Waals surface area (Å²) in [4.78, 5) is 14.2. The van der Waals surface area contributed by atoms with Crippen molar-refractivity contribution in [3.8, 4) is 0 Å². The molecule has 2 rings (SSSR count). The van der Waals surface area contributed by atoms with Crippen LogP contribution in [0, 0.1) is 0 Å². The number of ether oxygens (including phenoxy) is 2. The van der Waals surface area contributed by atoms with E-state index in [1.807, 2.05) is 6.92 Å². The van der Waals surface area contributed by atoms with Crippen LogP contribution < -0.4 is 10.6 Å². The Kier molecular flexibility index (Phi) is 5.01. The Balaban J connectivity index is 1.68. The molecule has 2 heterocycles. The number of nitrogens with one attached hydrogen (secondary N) is 2. The van der Waals surface area contributed by atoms with Gasteiger partial charge >= 0.3 is 0 Å². The molecule has 116 valence electrons. The van der Waals surface area contributed by atoms with Crippen molar-refractivity contribution >= 4 is 5.91 Å². The van der Waals surface area contributed by atoms with Gasteiger partial charge in [-0.2, -0.15) is 0 Å². The average molecular weight is 285 g/mol. The van der Waals surface area contributed by atoms with Crippen molar-refractivity contribution in [2.24, 2.45) is 0 Å². The van der Waals surface area contributed by atoms with Gasteiger partial charge in [-0.1, -0.05) is 0 Å². The molecule has 6 nitrogen and oxygen atoms in total. The summed E-state index contributed by atoms with van der Waals surface area (Å²) in [7, 11) is 0. The molecular formula is C14H27N3O3. The molecule has 0 aromatic carbocycles. The Labute approximate surface area is 121 Å². The number of rotatable bonds is 6. The van der Waals surface area contributed by atoms with Gasteiger partial charge in [-0.3, -0.25) is 9.69 Å². The van der Waals surface area contributed by atoms with E-state index < -0.39 is 0 Å². The Morgan fingerprint density at radius 2 is 2.05 bits per heavy atom. The predicted octanol–water partition coefficient (Wildman–Crippen LogP) is -0.408. The second-order valence-corrected chi connectivity index (χ2v) is 6.53. The normalized spacial score (nSPS) is 23.1. The van der Waals surface area contributed by atoms with Gasteiger partial charge in [0.15, 0.2) is 0 Å². The minimum absolute atomic E-state index is 0.0422. The predicted molar refractivity (Wildman–Crippen MR) is 76.7 cm³/mol. The Hall–Kier alpha value is -0.690. The van der Waals surface area contributed by atoms with Gasteiger partial charge in [-0.05, 0) is 20.8 Å². The zero-order valence-corrected chi connectivity index (χ0v) is 12.8. The minimum Gasteiger partial charge on any atom is -0.379 e. The number of carbonyl (C=O) groups excluding carboxylic acids is 1. The fourth-order valence-electron chi connectivity index (χ4n) is 2.47. The lowest BCUT2D eigenvalue weighted by Crippen LogP contribution is -2.60. The van der Waals surface area contributed by atoms with Crippen LogP contribution in [0.15, 0.2) is 0 Å². The van der Waals surface area contributed by atoms with Crippen molar-refractivity contribution in [3.05, 3.63) is 0 Å². The Morgan fingerprint density at radius 3 is 2.60 bits per heavy atom. The third-order valence-corrected chi connectivity index (χ3v) is 4.13. The van der Waals surface area contributed by atoms with E-state index in [4.69, 9.17) is 9.47 Å². The number of nitrogens with zero attached hydrogens (tertiary/aromatic N) is 1. The molecule has 1 amide bonds.